The van der Waals surface area contributed by atoms with Gasteiger partial charge in [-0.1, -0.05) is 36.4 Å². The summed E-state index contributed by atoms with van der Waals surface area (Å²) in [6, 6.07) is 9.28. The zero-order valence-electron chi connectivity index (χ0n) is 9.90. The molecule has 96 valence electrons. The Hall–Kier alpha value is -2.36. The zero-order valence-corrected chi connectivity index (χ0v) is 9.90. The number of hydrogen-bond donors (Lipinski definition) is 0. The lowest BCUT2D eigenvalue weighted by molar-refractivity contribution is 0.0834. The molecule has 0 amide bonds. The average Bonchev–Trinajstić information content (AvgIpc) is 2.39. The molecule has 19 heavy (non-hydrogen) atoms. The van der Waals surface area contributed by atoms with Gasteiger partial charge in [-0.05, 0) is 29.7 Å². The number of rotatable bonds is 4. The first-order chi connectivity index (χ1) is 9.09. The van der Waals surface area contributed by atoms with Crippen molar-refractivity contribution in [3.63, 3.8) is 0 Å². The third-order valence-corrected chi connectivity index (χ3v) is 2.82. The number of carbonyl (C=O) groups excluding carboxylic acids is 2. The number of carbonyl (C=O) groups is 2. The zero-order chi connectivity index (χ0) is 13.8. The van der Waals surface area contributed by atoms with Crippen LogP contribution in [0, 0.1) is 0 Å². The van der Waals surface area contributed by atoms with Crippen LogP contribution in [0.25, 0.3) is 0 Å². The second-order valence-electron chi connectivity index (χ2n) is 4.04. The molecule has 0 radical (unpaired) electrons. The van der Waals surface area contributed by atoms with Crippen LogP contribution >= 0.6 is 0 Å². The Balaban J connectivity index is 2.52. The van der Waals surface area contributed by atoms with Crippen molar-refractivity contribution in [1.82, 2.24) is 0 Å². The predicted molar refractivity (Wildman–Crippen MR) is 66.6 cm³/mol. The van der Waals surface area contributed by atoms with E-state index in [0.29, 0.717) is 0 Å². The lowest BCUT2D eigenvalue weighted by Gasteiger charge is -2.09. The van der Waals surface area contributed by atoms with Crippen LogP contribution in [0.4, 0.5) is 8.78 Å². The normalized spacial score (nSPS) is 10.2. The molecule has 2 nitrogen and oxygen atoms in total. The molecule has 0 fully saturated rings. The summed E-state index contributed by atoms with van der Waals surface area (Å²) in [4.78, 5) is 21.9. The van der Waals surface area contributed by atoms with Gasteiger partial charge in [-0.15, -0.1) is 0 Å². The Kier molecular flexibility index (Phi) is 3.80. The van der Waals surface area contributed by atoms with Gasteiger partial charge in [-0.25, -0.2) is 0 Å². The van der Waals surface area contributed by atoms with Crippen LogP contribution in [0.5, 0.6) is 0 Å². The monoisotopic (exact) mass is 260 g/mol. The molecule has 2 rings (SSSR count). The van der Waals surface area contributed by atoms with Gasteiger partial charge in [-0.3, -0.25) is 9.59 Å². The molecule has 0 bridgehead atoms. The van der Waals surface area contributed by atoms with Crippen LogP contribution in [0.3, 0.4) is 0 Å². The van der Waals surface area contributed by atoms with E-state index < -0.39 is 12.1 Å². The first-order valence-corrected chi connectivity index (χ1v) is 5.65. The molecule has 0 heterocycles. The molecule has 2 aromatic carbocycles. The van der Waals surface area contributed by atoms with Crippen molar-refractivity contribution in [2.75, 3.05) is 0 Å². The van der Waals surface area contributed by atoms with Gasteiger partial charge in [0.25, 0.3) is 0 Å². The maximum atomic E-state index is 13.0. The Morgan fingerprint density at radius 3 is 1.79 bits per heavy atom. The second kappa shape index (κ2) is 5.52. The molecule has 0 aromatic heterocycles. The molecule has 0 saturated carbocycles. The molecule has 0 saturated heterocycles. The van der Waals surface area contributed by atoms with E-state index in [1.807, 2.05) is 0 Å². The van der Waals surface area contributed by atoms with E-state index in [9.17, 15) is 18.4 Å². The van der Waals surface area contributed by atoms with Crippen LogP contribution in [0.1, 0.15) is 31.8 Å². The molecule has 2 aromatic rings. The lowest BCUT2D eigenvalue weighted by atomic mass is 9.95. The van der Waals surface area contributed by atoms with E-state index in [0.717, 1.165) is 5.56 Å². The summed E-state index contributed by atoms with van der Waals surface area (Å²) in [7, 11) is 0. The van der Waals surface area contributed by atoms with Gasteiger partial charge in [0.2, 0.25) is 0 Å². The predicted octanol–water partition coefficient (Wildman–Crippen LogP) is 3.50. The molecule has 0 aliphatic heterocycles. The molecule has 0 unspecified atom stereocenters. The van der Waals surface area contributed by atoms with Gasteiger partial charge in [0.1, 0.15) is 0 Å². The second-order valence-corrected chi connectivity index (χ2v) is 4.04. The summed E-state index contributed by atoms with van der Waals surface area (Å²) in [5.41, 5.74) is 0.298. The largest absolute Gasteiger partial charge is 0.332 e. The van der Waals surface area contributed by atoms with Crippen LogP contribution in [0.2, 0.25) is 0 Å². The summed E-state index contributed by atoms with van der Waals surface area (Å²) < 4.78 is 25.9. The lowest BCUT2D eigenvalue weighted by Crippen LogP contribution is -2.06. The summed E-state index contributed by atoms with van der Waals surface area (Å²) >= 11 is 0. The number of hydrogen-bond acceptors (Lipinski definition) is 2. The van der Waals surface area contributed by atoms with E-state index in [1.165, 1.54) is 18.2 Å². The Morgan fingerprint density at radius 1 is 0.789 bits per heavy atom. The molecule has 0 spiro atoms. The summed E-state index contributed by atoms with van der Waals surface area (Å²) in [5, 5.41) is 0. The maximum Gasteiger partial charge on any atom is 0.332 e. The van der Waals surface area contributed by atoms with Gasteiger partial charge < -0.3 is 0 Å². The third-order valence-electron chi connectivity index (χ3n) is 2.82. The molecule has 0 atom stereocenters. The van der Waals surface area contributed by atoms with Gasteiger partial charge in [-0.2, -0.15) is 8.78 Å². The molecule has 0 aliphatic carbocycles. The average molecular weight is 260 g/mol. The quantitative estimate of drug-likeness (QED) is 0.788. The first kappa shape index (κ1) is 13.1. The minimum absolute atomic E-state index is 0.0775. The molecule has 0 N–H and O–H groups in total. The number of halogens is 2. The van der Waals surface area contributed by atoms with Crippen molar-refractivity contribution >= 4 is 12.1 Å². The van der Waals surface area contributed by atoms with Crippen LogP contribution in [0.15, 0.2) is 48.5 Å². The highest BCUT2D eigenvalue weighted by Crippen LogP contribution is 2.21. The van der Waals surface area contributed by atoms with Crippen molar-refractivity contribution in [3.05, 3.63) is 70.8 Å². The topological polar surface area (TPSA) is 34.1 Å². The van der Waals surface area contributed by atoms with E-state index in [-0.39, 0.29) is 23.1 Å². The molecular formula is C15H10F2O2. The van der Waals surface area contributed by atoms with Crippen molar-refractivity contribution in [2.24, 2.45) is 0 Å². The fraction of sp³-hybridized carbons (Fsp3) is 0.0667. The van der Waals surface area contributed by atoms with E-state index >= 15 is 0 Å². The Labute approximate surface area is 108 Å². The minimum atomic E-state index is -1.67. The van der Waals surface area contributed by atoms with Crippen molar-refractivity contribution < 1.29 is 18.4 Å². The summed E-state index contributed by atoms with van der Waals surface area (Å²) in [5.74, 6) is 0. The Bertz CT molecular complexity index is 589. The van der Waals surface area contributed by atoms with E-state index in [1.54, 1.807) is 30.3 Å². The van der Waals surface area contributed by atoms with Gasteiger partial charge in [0.05, 0.1) is 11.1 Å². The highest BCUT2D eigenvalue weighted by Gasteiger charge is 2.18. The van der Waals surface area contributed by atoms with Crippen LogP contribution in [-0.2, 0) is 6.42 Å². The molecule has 4 heteroatoms. The molecular weight excluding hydrogens is 250 g/mol. The highest BCUT2D eigenvalue weighted by atomic mass is 19.1. The summed E-state index contributed by atoms with van der Waals surface area (Å²) in [6.07, 6.45) is 0.123. The van der Waals surface area contributed by atoms with Gasteiger partial charge >= 0.3 is 12.1 Å². The summed E-state index contributed by atoms with van der Waals surface area (Å²) in [6.45, 7) is 0. The van der Waals surface area contributed by atoms with E-state index in [4.69, 9.17) is 0 Å². The van der Waals surface area contributed by atoms with Crippen LogP contribution in [-0.4, -0.2) is 12.1 Å². The smallest absolute Gasteiger partial charge is 0.255 e. The standard InChI is InChI=1S/C15H10F2O2/c16-14(18)11-7-4-8-12(15(17)19)13(11)9-10-5-2-1-3-6-10/h1-8H,9H2. The van der Waals surface area contributed by atoms with Crippen LogP contribution < -0.4 is 0 Å². The number of benzene rings is 2. The first-order valence-electron chi connectivity index (χ1n) is 5.65. The third kappa shape index (κ3) is 2.91. The SMILES string of the molecule is O=C(F)c1cccc(C(=O)F)c1Cc1ccccc1. The molecule has 0 aliphatic rings. The fourth-order valence-corrected chi connectivity index (χ4v) is 1.95. The maximum absolute atomic E-state index is 13.0. The van der Waals surface area contributed by atoms with Crippen molar-refractivity contribution in [2.45, 2.75) is 6.42 Å². The minimum Gasteiger partial charge on any atom is -0.255 e. The van der Waals surface area contributed by atoms with E-state index in [2.05, 4.69) is 0 Å². The highest BCUT2D eigenvalue weighted by molar-refractivity contribution is 5.97. The van der Waals surface area contributed by atoms with Crippen molar-refractivity contribution in [1.29, 1.82) is 0 Å². The fourth-order valence-electron chi connectivity index (χ4n) is 1.95. The van der Waals surface area contributed by atoms with Gasteiger partial charge in [0, 0.05) is 0 Å². The van der Waals surface area contributed by atoms with Crippen molar-refractivity contribution in [3.8, 4) is 0 Å². The van der Waals surface area contributed by atoms with Gasteiger partial charge in [0.15, 0.2) is 0 Å². The Morgan fingerprint density at radius 2 is 1.32 bits per heavy atom.